The quantitative estimate of drug-likeness (QED) is 0.757. The number of ether oxygens (including phenoxy) is 2. The molecule has 6 nitrogen and oxygen atoms in total. The summed E-state index contributed by atoms with van der Waals surface area (Å²) in [5.41, 5.74) is -0.355. The molecule has 1 amide bonds. The van der Waals surface area contributed by atoms with Crippen LogP contribution in [0.4, 0.5) is 0 Å². The highest BCUT2D eigenvalue weighted by atomic mass is 16.5. The van der Waals surface area contributed by atoms with Crippen LogP contribution in [0.5, 0.6) is 5.75 Å². The molecule has 0 heterocycles. The van der Waals surface area contributed by atoms with Crippen LogP contribution < -0.4 is 10.1 Å². The van der Waals surface area contributed by atoms with Gasteiger partial charge in [-0.05, 0) is 43.7 Å². The van der Waals surface area contributed by atoms with E-state index in [2.05, 4.69) is 5.32 Å². The molecule has 1 unspecified atom stereocenters. The molecule has 0 bridgehead atoms. The molecular formula is C20H25NO5. The molecule has 0 aliphatic carbocycles. The van der Waals surface area contributed by atoms with Crippen LogP contribution in [0.2, 0.25) is 0 Å². The van der Waals surface area contributed by atoms with E-state index in [4.69, 9.17) is 9.47 Å². The van der Waals surface area contributed by atoms with Crippen molar-refractivity contribution < 1.29 is 24.2 Å². The number of aliphatic carboxylic acids is 1. The molecule has 0 saturated heterocycles. The lowest BCUT2D eigenvalue weighted by molar-refractivity contribution is -0.143. The Labute approximate surface area is 153 Å². The van der Waals surface area contributed by atoms with Gasteiger partial charge in [-0.2, -0.15) is 0 Å². The van der Waals surface area contributed by atoms with E-state index in [0.717, 1.165) is 10.8 Å². The number of carboxylic acid groups (broad SMARTS) is 1. The number of carboxylic acids is 1. The Morgan fingerprint density at radius 2 is 1.81 bits per heavy atom. The molecule has 2 N–H and O–H groups in total. The maximum atomic E-state index is 12.0. The van der Waals surface area contributed by atoms with Crippen molar-refractivity contribution in [3.05, 3.63) is 42.5 Å². The van der Waals surface area contributed by atoms with Crippen molar-refractivity contribution in [2.75, 3.05) is 13.2 Å². The molecule has 26 heavy (non-hydrogen) atoms. The third kappa shape index (κ3) is 6.37. The lowest BCUT2D eigenvalue weighted by atomic mass is 10.1. The van der Waals surface area contributed by atoms with E-state index in [-0.39, 0.29) is 25.2 Å². The fourth-order valence-electron chi connectivity index (χ4n) is 2.38. The second-order valence-corrected chi connectivity index (χ2v) is 7.01. The van der Waals surface area contributed by atoms with Crippen LogP contribution in [0, 0.1) is 0 Å². The molecular weight excluding hydrogens is 334 g/mol. The summed E-state index contributed by atoms with van der Waals surface area (Å²) in [7, 11) is 0. The molecule has 0 aromatic heterocycles. The molecule has 0 aliphatic heterocycles. The van der Waals surface area contributed by atoms with Crippen molar-refractivity contribution >= 4 is 22.6 Å². The first-order valence-electron chi connectivity index (χ1n) is 8.52. The normalized spacial score (nSPS) is 12.6. The van der Waals surface area contributed by atoms with Gasteiger partial charge in [-0.3, -0.25) is 4.79 Å². The second-order valence-electron chi connectivity index (χ2n) is 7.01. The van der Waals surface area contributed by atoms with Crippen molar-refractivity contribution in [1.29, 1.82) is 0 Å². The van der Waals surface area contributed by atoms with E-state index in [9.17, 15) is 14.7 Å². The molecule has 2 rings (SSSR count). The van der Waals surface area contributed by atoms with Crippen LogP contribution in [-0.4, -0.2) is 41.8 Å². The Kier molecular flexibility index (Phi) is 6.58. The third-order valence-corrected chi connectivity index (χ3v) is 3.67. The second kappa shape index (κ2) is 8.67. The number of nitrogens with one attached hydrogen (secondary N) is 1. The van der Waals surface area contributed by atoms with Gasteiger partial charge in [-0.15, -0.1) is 0 Å². The number of rotatable bonds is 8. The first kappa shape index (κ1) is 19.7. The zero-order valence-electron chi connectivity index (χ0n) is 15.3. The fourth-order valence-corrected chi connectivity index (χ4v) is 2.38. The smallest absolute Gasteiger partial charge is 0.326 e. The molecule has 6 heteroatoms. The maximum absolute atomic E-state index is 12.0. The van der Waals surface area contributed by atoms with Gasteiger partial charge in [-0.1, -0.05) is 30.3 Å². The molecule has 2 aromatic carbocycles. The van der Waals surface area contributed by atoms with Gasteiger partial charge in [0.15, 0.2) is 6.61 Å². The highest BCUT2D eigenvalue weighted by Gasteiger charge is 2.21. The summed E-state index contributed by atoms with van der Waals surface area (Å²) < 4.78 is 11.0. The summed E-state index contributed by atoms with van der Waals surface area (Å²) in [6.45, 7) is 5.66. The lowest BCUT2D eigenvalue weighted by Crippen LogP contribution is -2.44. The van der Waals surface area contributed by atoms with Gasteiger partial charge >= 0.3 is 5.97 Å². The highest BCUT2D eigenvalue weighted by molar-refractivity contribution is 5.85. The highest BCUT2D eigenvalue weighted by Crippen LogP contribution is 2.20. The first-order chi connectivity index (χ1) is 12.2. The van der Waals surface area contributed by atoms with Gasteiger partial charge in [0.05, 0.1) is 5.60 Å². The van der Waals surface area contributed by atoms with Gasteiger partial charge in [0.1, 0.15) is 11.8 Å². The third-order valence-electron chi connectivity index (χ3n) is 3.67. The molecule has 0 saturated carbocycles. The predicted octanol–water partition coefficient (Wildman–Crippen LogP) is 2.99. The largest absolute Gasteiger partial charge is 0.484 e. The van der Waals surface area contributed by atoms with Crippen LogP contribution in [-0.2, 0) is 14.3 Å². The number of fused-ring (bicyclic) bond motifs is 1. The van der Waals surface area contributed by atoms with Crippen LogP contribution in [0.3, 0.4) is 0 Å². The Morgan fingerprint density at radius 1 is 1.12 bits per heavy atom. The van der Waals surface area contributed by atoms with Crippen molar-refractivity contribution in [3.8, 4) is 5.75 Å². The number of carbonyl (C=O) groups is 2. The lowest BCUT2D eigenvalue weighted by Gasteiger charge is -2.21. The fraction of sp³-hybridized carbons (Fsp3) is 0.400. The monoisotopic (exact) mass is 359 g/mol. The van der Waals surface area contributed by atoms with Gasteiger partial charge < -0.3 is 19.9 Å². The molecule has 1 atom stereocenters. The van der Waals surface area contributed by atoms with E-state index in [0.29, 0.717) is 5.75 Å². The topological polar surface area (TPSA) is 84.9 Å². The van der Waals surface area contributed by atoms with E-state index in [1.807, 2.05) is 57.2 Å². The van der Waals surface area contributed by atoms with Crippen LogP contribution in [0.25, 0.3) is 10.8 Å². The van der Waals surface area contributed by atoms with E-state index in [1.165, 1.54) is 0 Å². The number of amides is 1. The number of benzene rings is 2. The summed E-state index contributed by atoms with van der Waals surface area (Å²) in [6.07, 6.45) is 0.189. The number of hydrogen-bond acceptors (Lipinski definition) is 4. The number of hydrogen-bond donors (Lipinski definition) is 2. The van der Waals surface area contributed by atoms with Crippen molar-refractivity contribution in [3.63, 3.8) is 0 Å². The van der Waals surface area contributed by atoms with E-state index < -0.39 is 17.9 Å². The summed E-state index contributed by atoms with van der Waals surface area (Å²) >= 11 is 0. The first-order valence-corrected chi connectivity index (χ1v) is 8.52. The predicted molar refractivity (Wildman–Crippen MR) is 99.3 cm³/mol. The summed E-state index contributed by atoms with van der Waals surface area (Å²) in [4.78, 5) is 23.3. The Morgan fingerprint density at radius 3 is 2.46 bits per heavy atom. The van der Waals surface area contributed by atoms with Gasteiger partial charge in [0, 0.05) is 13.0 Å². The Hall–Kier alpha value is -2.60. The average Bonchev–Trinajstić information content (AvgIpc) is 2.57. The zero-order chi connectivity index (χ0) is 19.2. The van der Waals surface area contributed by atoms with Crippen LogP contribution in [0.1, 0.15) is 27.2 Å². The summed E-state index contributed by atoms with van der Waals surface area (Å²) in [6, 6.07) is 12.3. The van der Waals surface area contributed by atoms with Gasteiger partial charge in [-0.25, -0.2) is 4.79 Å². The van der Waals surface area contributed by atoms with E-state index in [1.54, 1.807) is 6.07 Å². The maximum Gasteiger partial charge on any atom is 0.326 e. The molecule has 0 aliphatic rings. The minimum atomic E-state index is -1.10. The summed E-state index contributed by atoms with van der Waals surface area (Å²) in [5, 5.41) is 13.8. The SMILES string of the molecule is CC(C)(C)OCCC(NC(=O)COc1ccc2ccccc2c1)C(=O)O. The van der Waals surface area contributed by atoms with Crippen molar-refractivity contribution in [2.24, 2.45) is 0 Å². The molecule has 2 aromatic rings. The van der Waals surface area contributed by atoms with Gasteiger partial charge in [0.2, 0.25) is 0 Å². The Bertz CT molecular complexity index is 766. The molecule has 0 fully saturated rings. The standard InChI is InChI=1S/C20H25NO5/c1-20(2,3)26-11-10-17(19(23)24)21-18(22)13-25-16-9-8-14-6-4-5-7-15(14)12-16/h4-9,12,17H,10-11,13H2,1-3H3,(H,21,22)(H,23,24). The van der Waals surface area contributed by atoms with Crippen LogP contribution >= 0.6 is 0 Å². The zero-order valence-corrected chi connectivity index (χ0v) is 15.3. The van der Waals surface area contributed by atoms with Crippen molar-refractivity contribution in [2.45, 2.75) is 38.8 Å². The Balaban J connectivity index is 1.85. The van der Waals surface area contributed by atoms with Gasteiger partial charge in [0.25, 0.3) is 5.91 Å². The average molecular weight is 359 g/mol. The molecule has 140 valence electrons. The van der Waals surface area contributed by atoms with Crippen LogP contribution in [0.15, 0.2) is 42.5 Å². The number of carbonyl (C=O) groups excluding carboxylic acids is 1. The molecule has 0 spiro atoms. The summed E-state index contributed by atoms with van der Waals surface area (Å²) in [5.74, 6) is -1.02. The minimum Gasteiger partial charge on any atom is -0.484 e. The van der Waals surface area contributed by atoms with Crippen molar-refractivity contribution in [1.82, 2.24) is 5.32 Å². The minimum absolute atomic E-state index is 0.189. The molecule has 0 radical (unpaired) electrons. The van der Waals surface area contributed by atoms with E-state index >= 15 is 0 Å².